The molecule has 0 amide bonds. The van der Waals surface area contributed by atoms with Crippen molar-refractivity contribution in [1.82, 2.24) is 5.32 Å². The molecule has 0 aromatic heterocycles. The molecule has 0 spiro atoms. The van der Waals surface area contributed by atoms with E-state index < -0.39 is 54.3 Å². The van der Waals surface area contributed by atoms with Gasteiger partial charge < -0.3 is 15.2 Å². The van der Waals surface area contributed by atoms with Crippen molar-refractivity contribution in [2.75, 3.05) is 6.54 Å². The van der Waals surface area contributed by atoms with E-state index in [-0.39, 0.29) is 17.5 Å². The summed E-state index contributed by atoms with van der Waals surface area (Å²) in [4.78, 5) is 0. The molecular weight excluding hydrogens is 517 g/mol. The molecule has 0 aliphatic rings. The Kier molecular flexibility index (Phi) is 8.43. The molecule has 3 aromatic carbocycles. The minimum Gasteiger partial charge on any atom is -0.428 e. The normalized spacial score (nSPS) is 14.9. The summed E-state index contributed by atoms with van der Waals surface area (Å²) in [5.41, 5.74) is -1.69. The van der Waals surface area contributed by atoms with Crippen molar-refractivity contribution in [3.8, 4) is 5.75 Å². The molecule has 0 aliphatic heterocycles. The summed E-state index contributed by atoms with van der Waals surface area (Å²) in [6, 6.07) is 14.2. The number of nitrogens with one attached hydrogen (secondary N) is 1. The molecule has 0 aliphatic carbocycles. The lowest BCUT2D eigenvalue weighted by Crippen LogP contribution is -2.51. The highest BCUT2D eigenvalue weighted by Crippen LogP contribution is 2.38. The van der Waals surface area contributed by atoms with Crippen LogP contribution in [0.2, 0.25) is 0 Å². The topological polar surface area (TPSA) is 41.5 Å². The maximum absolute atomic E-state index is 14.6. The van der Waals surface area contributed by atoms with Gasteiger partial charge in [0.25, 0.3) is 0 Å². The third-order valence-corrected chi connectivity index (χ3v) is 5.50. The fraction of sp³-hybridized carbons (Fsp3) is 0.280. The Hall–Kier alpha value is -3.25. The molecule has 37 heavy (non-hydrogen) atoms. The molecule has 2 atom stereocenters. The van der Waals surface area contributed by atoms with Crippen LogP contribution in [0.25, 0.3) is 0 Å². The molecule has 0 heterocycles. The lowest BCUT2D eigenvalue weighted by Gasteiger charge is -2.38. The van der Waals surface area contributed by atoms with Crippen LogP contribution in [0.15, 0.2) is 72.8 Å². The van der Waals surface area contributed by atoms with Gasteiger partial charge in [0.1, 0.15) is 17.4 Å². The van der Waals surface area contributed by atoms with Gasteiger partial charge in [-0.3, -0.25) is 0 Å². The molecule has 0 bridgehead atoms. The zero-order chi connectivity index (χ0) is 27.4. The third-order valence-electron chi connectivity index (χ3n) is 5.50. The highest BCUT2D eigenvalue weighted by Gasteiger charge is 2.45. The van der Waals surface area contributed by atoms with Gasteiger partial charge in [-0.05, 0) is 47.4 Å². The number of benzene rings is 3. The molecule has 3 rings (SSSR count). The Morgan fingerprint density at radius 2 is 1.41 bits per heavy atom. The van der Waals surface area contributed by atoms with E-state index in [0.29, 0.717) is 11.6 Å². The summed E-state index contributed by atoms with van der Waals surface area (Å²) in [7, 11) is 0. The van der Waals surface area contributed by atoms with Crippen molar-refractivity contribution in [2.45, 2.75) is 36.8 Å². The monoisotopic (exact) mass is 537 g/mol. The first kappa shape index (κ1) is 28.3. The molecule has 0 radical (unpaired) electrons. The van der Waals surface area contributed by atoms with Gasteiger partial charge in [-0.1, -0.05) is 42.5 Å². The second-order valence-corrected chi connectivity index (χ2v) is 8.15. The van der Waals surface area contributed by atoms with Crippen LogP contribution in [0.5, 0.6) is 5.75 Å². The molecule has 3 aromatic rings. The maximum Gasteiger partial charge on any atom is 0.461 e. The van der Waals surface area contributed by atoms with Gasteiger partial charge in [0.15, 0.2) is 6.10 Å². The number of aliphatic hydroxyl groups excluding tert-OH is 1. The van der Waals surface area contributed by atoms with Crippen LogP contribution < -0.4 is 10.1 Å². The predicted octanol–water partition coefficient (Wildman–Crippen LogP) is 6.20. The van der Waals surface area contributed by atoms with E-state index in [4.69, 9.17) is 0 Å². The molecule has 2 N–H and O–H groups in total. The Labute approximate surface area is 205 Å². The average molecular weight is 537 g/mol. The molecule has 0 unspecified atom stereocenters. The van der Waals surface area contributed by atoms with E-state index in [2.05, 4.69) is 10.1 Å². The Balaban J connectivity index is 2.23. The van der Waals surface area contributed by atoms with Crippen molar-refractivity contribution in [1.29, 1.82) is 0 Å². The fourth-order valence-corrected chi connectivity index (χ4v) is 3.73. The second-order valence-electron chi connectivity index (χ2n) is 8.15. The Morgan fingerprint density at radius 1 is 0.784 bits per heavy atom. The quantitative estimate of drug-likeness (QED) is 0.303. The summed E-state index contributed by atoms with van der Waals surface area (Å²) in [6.07, 6.45) is -17.5. The molecule has 3 nitrogen and oxygen atoms in total. The van der Waals surface area contributed by atoms with Crippen molar-refractivity contribution in [3.63, 3.8) is 0 Å². The third kappa shape index (κ3) is 6.95. The lowest BCUT2D eigenvalue weighted by atomic mass is 9.77. The minimum atomic E-state index is -5.05. The van der Waals surface area contributed by atoms with Crippen molar-refractivity contribution >= 4 is 0 Å². The van der Waals surface area contributed by atoms with E-state index >= 15 is 0 Å². The fourth-order valence-electron chi connectivity index (χ4n) is 3.73. The predicted molar refractivity (Wildman–Crippen MR) is 115 cm³/mol. The lowest BCUT2D eigenvalue weighted by molar-refractivity contribution is -0.253. The molecule has 0 saturated carbocycles. The first-order valence-corrected chi connectivity index (χ1v) is 10.7. The molecule has 0 fully saturated rings. The van der Waals surface area contributed by atoms with Gasteiger partial charge in [0.2, 0.25) is 0 Å². The van der Waals surface area contributed by atoms with Gasteiger partial charge in [-0.25, -0.2) is 8.78 Å². The Morgan fingerprint density at radius 3 is 1.97 bits per heavy atom. The number of ether oxygens (including phenoxy) is 1. The van der Waals surface area contributed by atoms with Gasteiger partial charge in [-0.15, -0.1) is 0 Å². The summed E-state index contributed by atoms with van der Waals surface area (Å²) in [5.74, 6) is -2.97. The highest BCUT2D eigenvalue weighted by atomic mass is 19.4. The van der Waals surface area contributed by atoms with Crippen LogP contribution in [0, 0.1) is 11.6 Å². The summed E-state index contributed by atoms with van der Waals surface area (Å²) in [6.45, 7) is -1.15. The van der Waals surface area contributed by atoms with Crippen LogP contribution in [0.3, 0.4) is 0 Å². The van der Waals surface area contributed by atoms with Gasteiger partial charge in [0, 0.05) is 12.6 Å². The minimum absolute atomic E-state index is 0.0595. The average Bonchev–Trinajstić information content (AvgIpc) is 2.81. The first-order chi connectivity index (χ1) is 17.2. The second kappa shape index (κ2) is 11.0. The van der Waals surface area contributed by atoms with Gasteiger partial charge in [-0.2, -0.15) is 30.7 Å². The van der Waals surface area contributed by atoms with Crippen LogP contribution in [0.1, 0.15) is 16.7 Å². The van der Waals surface area contributed by atoms with Crippen molar-refractivity contribution in [3.05, 3.63) is 101 Å². The van der Waals surface area contributed by atoms with Crippen LogP contribution in [0.4, 0.5) is 39.5 Å². The van der Waals surface area contributed by atoms with E-state index in [9.17, 15) is 44.6 Å². The zero-order valence-electron chi connectivity index (χ0n) is 18.8. The van der Waals surface area contributed by atoms with Crippen molar-refractivity contribution in [2.24, 2.45) is 0 Å². The highest BCUT2D eigenvalue weighted by molar-refractivity contribution is 5.44. The summed E-state index contributed by atoms with van der Waals surface area (Å²) < 4.78 is 124. The number of rotatable bonds is 10. The smallest absolute Gasteiger partial charge is 0.428 e. The van der Waals surface area contributed by atoms with Crippen molar-refractivity contribution < 1.29 is 49.4 Å². The Bertz CT molecular complexity index is 1170. The van der Waals surface area contributed by atoms with Gasteiger partial charge in [0.05, 0.1) is 5.54 Å². The standard InChI is InChI=1S/C25H20F9NO2/c26-18-8-6-16(7-9-18)23(13-15-4-2-1-3-5-15,35-14-21(36)24(30,31)32)17-10-19(27)12-20(11-17)37-25(33,34)22(28)29/h1-12,21-22,35-36H,13-14H2/t21-,23-/m1/s1. The number of hydrogen-bond donors (Lipinski definition) is 2. The number of halogens is 9. The van der Waals surface area contributed by atoms with E-state index in [1.54, 1.807) is 30.3 Å². The summed E-state index contributed by atoms with van der Waals surface area (Å²) >= 11 is 0. The van der Waals surface area contributed by atoms with Crippen LogP contribution in [-0.4, -0.2) is 36.5 Å². The number of aliphatic hydroxyl groups is 1. The molecule has 200 valence electrons. The van der Waals surface area contributed by atoms with E-state index in [1.165, 1.54) is 12.1 Å². The molecular formula is C25H20F9NO2. The number of hydrogen-bond acceptors (Lipinski definition) is 3. The first-order valence-electron chi connectivity index (χ1n) is 10.7. The number of alkyl halides is 7. The molecule has 12 heteroatoms. The zero-order valence-corrected chi connectivity index (χ0v) is 18.8. The summed E-state index contributed by atoms with van der Waals surface area (Å²) in [5, 5.41) is 12.2. The van der Waals surface area contributed by atoms with Crippen LogP contribution >= 0.6 is 0 Å². The SMILES string of the molecule is O[C@H](CN[C@](Cc1ccccc1)(c1ccc(F)cc1)c1cc(F)cc(OC(F)(F)C(F)F)c1)C(F)(F)F. The maximum atomic E-state index is 14.6. The van der Waals surface area contributed by atoms with Crippen LogP contribution in [-0.2, 0) is 12.0 Å². The van der Waals surface area contributed by atoms with Gasteiger partial charge >= 0.3 is 18.7 Å². The molecule has 0 saturated heterocycles. The van der Waals surface area contributed by atoms with E-state index in [0.717, 1.165) is 24.3 Å². The van der Waals surface area contributed by atoms with E-state index in [1.807, 2.05) is 0 Å². The largest absolute Gasteiger partial charge is 0.461 e.